The van der Waals surface area contributed by atoms with Crippen molar-refractivity contribution in [3.05, 3.63) is 40.6 Å². The first-order valence-corrected chi connectivity index (χ1v) is 5.27. The molecule has 1 aromatic heterocycles. The molecule has 0 amide bonds. The Balaban J connectivity index is 2.62. The van der Waals surface area contributed by atoms with Crippen LogP contribution < -0.4 is 0 Å². The summed E-state index contributed by atoms with van der Waals surface area (Å²) in [6.07, 6.45) is 3.09. The zero-order valence-corrected chi connectivity index (χ0v) is 10.0. The summed E-state index contributed by atoms with van der Waals surface area (Å²) in [7, 11) is 1.34. The third-order valence-electron chi connectivity index (χ3n) is 2.02. The molecular formula is C10H8BrN3O2. The molecule has 1 aromatic carbocycles. The topological polar surface area (TPSA) is 57.0 Å². The van der Waals surface area contributed by atoms with Crippen LogP contribution in [-0.4, -0.2) is 28.1 Å². The van der Waals surface area contributed by atoms with Gasteiger partial charge in [-0.15, -0.1) is 0 Å². The Morgan fingerprint density at radius 1 is 1.38 bits per heavy atom. The Morgan fingerprint density at radius 2 is 2.06 bits per heavy atom. The van der Waals surface area contributed by atoms with Gasteiger partial charge in [0.25, 0.3) is 0 Å². The third-order valence-corrected chi connectivity index (χ3v) is 2.68. The lowest BCUT2D eigenvalue weighted by Gasteiger charge is -2.08. The number of rotatable bonds is 2. The molecule has 0 radical (unpaired) electrons. The molecule has 0 fully saturated rings. The zero-order valence-electron chi connectivity index (χ0n) is 8.42. The first kappa shape index (κ1) is 10.8. The number of benzene rings is 1. The van der Waals surface area contributed by atoms with Crippen LogP contribution in [0.3, 0.4) is 0 Å². The van der Waals surface area contributed by atoms with Gasteiger partial charge in [-0.3, -0.25) is 0 Å². The molecule has 0 bridgehead atoms. The summed E-state index contributed by atoms with van der Waals surface area (Å²) >= 11 is 3.30. The van der Waals surface area contributed by atoms with Gasteiger partial charge in [0.15, 0.2) is 0 Å². The zero-order chi connectivity index (χ0) is 11.5. The molecule has 0 unspecified atom stereocenters. The lowest BCUT2D eigenvalue weighted by Crippen LogP contribution is -2.10. The number of esters is 1. The van der Waals surface area contributed by atoms with Crippen LogP contribution in [0.15, 0.2) is 35.1 Å². The van der Waals surface area contributed by atoms with E-state index in [0.29, 0.717) is 15.7 Å². The lowest BCUT2D eigenvalue weighted by molar-refractivity contribution is 0.0599. The minimum Gasteiger partial charge on any atom is -0.465 e. The van der Waals surface area contributed by atoms with Gasteiger partial charge >= 0.3 is 5.97 Å². The van der Waals surface area contributed by atoms with E-state index in [2.05, 4.69) is 26.1 Å². The molecule has 1 heterocycles. The number of carbonyl (C=O) groups is 1. The van der Waals surface area contributed by atoms with Crippen molar-refractivity contribution in [3.8, 4) is 5.69 Å². The van der Waals surface area contributed by atoms with Gasteiger partial charge in [0, 0.05) is 4.47 Å². The van der Waals surface area contributed by atoms with Crippen molar-refractivity contribution in [2.24, 2.45) is 0 Å². The Morgan fingerprint density at radius 3 is 2.69 bits per heavy atom. The van der Waals surface area contributed by atoms with Crippen molar-refractivity contribution in [2.45, 2.75) is 0 Å². The van der Waals surface area contributed by atoms with Gasteiger partial charge in [0.1, 0.15) is 11.3 Å². The van der Waals surface area contributed by atoms with Gasteiger partial charge < -0.3 is 4.74 Å². The minimum absolute atomic E-state index is 0.404. The maximum absolute atomic E-state index is 11.6. The van der Waals surface area contributed by atoms with Crippen LogP contribution in [-0.2, 0) is 4.74 Å². The Labute approximate surface area is 100 Å². The maximum Gasteiger partial charge on any atom is 0.341 e. The molecule has 2 aromatic rings. The average Bonchev–Trinajstić information content (AvgIpc) is 2.81. The monoisotopic (exact) mass is 281 g/mol. The largest absolute Gasteiger partial charge is 0.465 e. The Kier molecular flexibility index (Phi) is 3.00. The number of ether oxygens (including phenoxy) is 1. The predicted molar refractivity (Wildman–Crippen MR) is 60.4 cm³/mol. The number of hydrogen-bond acceptors (Lipinski definition) is 4. The molecule has 0 spiro atoms. The molecule has 0 aliphatic carbocycles. The van der Waals surface area contributed by atoms with Crippen LogP contribution in [0, 0.1) is 0 Å². The van der Waals surface area contributed by atoms with E-state index in [1.165, 1.54) is 11.9 Å². The average molecular weight is 282 g/mol. The van der Waals surface area contributed by atoms with Crippen LogP contribution in [0.5, 0.6) is 0 Å². The summed E-state index contributed by atoms with van der Waals surface area (Å²) in [4.78, 5) is 13.0. The fourth-order valence-corrected chi connectivity index (χ4v) is 1.84. The van der Waals surface area contributed by atoms with Crippen LogP contribution in [0.4, 0.5) is 0 Å². The van der Waals surface area contributed by atoms with Crippen LogP contribution in [0.2, 0.25) is 0 Å². The first-order chi connectivity index (χ1) is 7.74. The summed E-state index contributed by atoms with van der Waals surface area (Å²) in [5.74, 6) is -0.431. The van der Waals surface area contributed by atoms with Crippen molar-refractivity contribution >= 4 is 21.9 Å². The standard InChI is InChI=1S/C10H8BrN3O2/c1-16-10(15)9-7(11)3-2-4-8(9)14-12-5-6-13-14/h2-6H,1H3. The van der Waals surface area contributed by atoms with Crippen molar-refractivity contribution < 1.29 is 9.53 Å². The van der Waals surface area contributed by atoms with E-state index in [1.807, 2.05) is 0 Å². The highest BCUT2D eigenvalue weighted by molar-refractivity contribution is 9.10. The maximum atomic E-state index is 11.6. The van der Waals surface area contributed by atoms with Gasteiger partial charge in [-0.25, -0.2) is 4.79 Å². The number of methoxy groups -OCH3 is 1. The van der Waals surface area contributed by atoms with E-state index >= 15 is 0 Å². The second-order valence-electron chi connectivity index (χ2n) is 2.94. The molecule has 0 atom stereocenters. The highest BCUT2D eigenvalue weighted by Crippen LogP contribution is 2.23. The van der Waals surface area contributed by atoms with E-state index in [4.69, 9.17) is 4.74 Å². The van der Waals surface area contributed by atoms with Crippen molar-refractivity contribution in [1.82, 2.24) is 15.0 Å². The molecule has 0 aliphatic heterocycles. The predicted octanol–water partition coefficient (Wildman–Crippen LogP) is 1.82. The van der Waals surface area contributed by atoms with Gasteiger partial charge in [-0.1, -0.05) is 6.07 Å². The van der Waals surface area contributed by atoms with Crippen molar-refractivity contribution in [1.29, 1.82) is 0 Å². The van der Waals surface area contributed by atoms with Gasteiger partial charge in [-0.05, 0) is 28.1 Å². The quantitative estimate of drug-likeness (QED) is 0.788. The van der Waals surface area contributed by atoms with E-state index in [9.17, 15) is 4.79 Å². The normalized spacial score (nSPS) is 10.1. The fourth-order valence-electron chi connectivity index (χ4n) is 1.32. The molecule has 0 saturated carbocycles. The van der Waals surface area contributed by atoms with Crippen molar-refractivity contribution in [2.75, 3.05) is 7.11 Å². The van der Waals surface area contributed by atoms with Gasteiger partial charge in [0.2, 0.25) is 0 Å². The van der Waals surface area contributed by atoms with E-state index < -0.39 is 5.97 Å². The highest BCUT2D eigenvalue weighted by atomic mass is 79.9. The molecule has 5 nitrogen and oxygen atoms in total. The summed E-state index contributed by atoms with van der Waals surface area (Å²) in [5, 5.41) is 7.96. The number of nitrogens with zero attached hydrogens (tertiary/aromatic N) is 3. The fraction of sp³-hybridized carbons (Fsp3) is 0.100. The molecule has 0 saturated heterocycles. The van der Waals surface area contributed by atoms with Gasteiger partial charge in [-0.2, -0.15) is 15.0 Å². The third kappa shape index (κ3) is 1.83. The van der Waals surface area contributed by atoms with Crippen molar-refractivity contribution in [3.63, 3.8) is 0 Å². The molecule has 2 rings (SSSR count). The second kappa shape index (κ2) is 4.44. The van der Waals surface area contributed by atoms with Gasteiger partial charge in [0.05, 0.1) is 19.5 Å². The summed E-state index contributed by atoms with van der Waals surface area (Å²) < 4.78 is 5.37. The molecular weight excluding hydrogens is 274 g/mol. The summed E-state index contributed by atoms with van der Waals surface area (Å²) in [5.41, 5.74) is 0.979. The number of hydrogen-bond donors (Lipinski definition) is 0. The lowest BCUT2D eigenvalue weighted by atomic mass is 10.2. The smallest absolute Gasteiger partial charge is 0.341 e. The minimum atomic E-state index is -0.431. The van der Waals surface area contributed by atoms with E-state index in [-0.39, 0.29) is 0 Å². The number of carbonyl (C=O) groups excluding carboxylic acids is 1. The first-order valence-electron chi connectivity index (χ1n) is 4.47. The second-order valence-corrected chi connectivity index (χ2v) is 3.80. The molecule has 0 aliphatic rings. The van der Waals surface area contributed by atoms with Crippen LogP contribution in [0.25, 0.3) is 5.69 Å². The number of aromatic nitrogens is 3. The summed E-state index contributed by atoms with van der Waals surface area (Å²) in [6.45, 7) is 0. The highest BCUT2D eigenvalue weighted by Gasteiger charge is 2.17. The molecule has 82 valence electrons. The van der Waals surface area contributed by atoms with Crippen LogP contribution in [0.1, 0.15) is 10.4 Å². The Hall–Kier alpha value is -1.69. The number of halogens is 1. The summed E-state index contributed by atoms with van der Waals surface area (Å²) in [6, 6.07) is 5.31. The van der Waals surface area contributed by atoms with Crippen LogP contribution >= 0.6 is 15.9 Å². The Bertz CT molecular complexity index is 511. The molecule has 16 heavy (non-hydrogen) atoms. The molecule has 6 heteroatoms. The van der Waals surface area contributed by atoms with E-state index in [1.54, 1.807) is 30.6 Å². The SMILES string of the molecule is COC(=O)c1c(Br)cccc1-n1nccn1. The van der Waals surface area contributed by atoms with E-state index in [0.717, 1.165) is 0 Å². The molecule has 0 N–H and O–H groups in total.